The molecule has 0 spiro atoms. The fraction of sp³-hybridized carbons (Fsp3) is 0.462. The molecule has 1 rings (SSSR count). The monoisotopic (exact) mass is 251 g/mol. The van der Waals surface area contributed by atoms with Gasteiger partial charge >= 0.3 is 0 Å². The molecule has 0 saturated carbocycles. The first-order chi connectivity index (χ1) is 8.58. The highest BCUT2D eigenvalue weighted by Crippen LogP contribution is 2.16. The van der Waals surface area contributed by atoms with Crippen LogP contribution in [0, 0.1) is 6.92 Å². The third-order valence-electron chi connectivity index (χ3n) is 2.71. The summed E-state index contributed by atoms with van der Waals surface area (Å²) >= 11 is 0. The van der Waals surface area contributed by atoms with Crippen molar-refractivity contribution in [3.8, 4) is 0 Å². The van der Waals surface area contributed by atoms with Crippen LogP contribution in [-0.4, -0.2) is 25.7 Å². The minimum atomic E-state index is -0.133. The first-order valence-corrected chi connectivity index (χ1v) is 5.95. The minimum absolute atomic E-state index is 0.0596. The van der Waals surface area contributed by atoms with Gasteiger partial charge in [-0.3, -0.25) is 10.6 Å². The van der Waals surface area contributed by atoms with Crippen molar-refractivity contribution in [3.05, 3.63) is 29.3 Å². The summed E-state index contributed by atoms with van der Waals surface area (Å²) in [6.45, 7) is 4.52. The van der Waals surface area contributed by atoms with E-state index in [1.54, 1.807) is 13.2 Å². The summed E-state index contributed by atoms with van der Waals surface area (Å²) in [5.74, 6) is 5.29. The molecule has 0 radical (unpaired) electrons. The molecule has 0 bridgehead atoms. The number of nitrogens with two attached hydrogens (primary N) is 1. The van der Waals surface area contributed by atoms with Crippen molar-refractivity contribution in [1.82, 2.24) is 5.32 Å². The van der Waals surface area contributed by atoms with Gasteiger partial charge in [-0.05, 0) is 38.0 Å². The smallest absolute Gasteiger partial charge is 0.253 e. The molecule has 0 aliphatic heterocycles. The van der Waals surface area contributed by atoms with E-state index in [1.165, 1.54) is 0 Å². The van der Waals surface area contributed by atoms with Crippen molar-refractivity contribution < 1.29 is 9.53 Å². The first-order valence-electron chi connectivity index (χ1n) is 5.95. The SMILES string of the molecule is COCCC(C)NC(=O)c1ccc(C)cc1NN. The van der Waals surface area contributed by atoms with Gasteiger partial charge in [0.2, 0.25) is 0 Å². The Bertz CT molecular complexity index is 407. The normalized spacial score (nSPS) is 12.0. The number of nitrogens with one attached hydrogen (secondary N) is 2. The van der Waals surface area contributed by atoms with Gasteiger partial charge in [-0.25, -0.2) is 0 Å². The highest BCUT2D eigenvalue weighted by molar-refractivity contribution is 5.99. The Labute approximate surface area is 108 Å². The van der Waals surface area contributed by atoms with Crippen LogP contribution in [0.5, 0.6) is 0 Å². The van der Waals surface area contributed by atoms with Crippen LogP contribution in [0.25, 0.3) is 0 Å². The van der Waals surface area contributed by atoms with E-state index in [0.717, 1.165) is 12.0 Å². The summed E-state index contributed by atoms with van der Waals surface area (Å²) in [6.07, 6.45) is 0.777. The van der Waals surface area contributed by atoms with Crippen LogP contribution in [0.1, 0.15) is 29.3 Å². The number of amides is 1. The summed E-state index contributed by atoms with van der Waals surface area (Å²) in [7, 11) is 1.64. The number of ether oxygens (including phenoxy) is 1. The number of carbonyl (C=O) groups is 1. The first kappa shape index (κ1) is 14.5. The zero-order valence-electron chi connectivity index (χ0n) is 11.1. The van der Waals surface area contributed by atoms with E-state index < -0.39 is 0 Å². The second-order valence-electron chi connectivity index (χ2n) is 4.35. The van der Waals surface area contributed by atoms with Crippen LogP contribution in [0.15, 0.2) is 18.2 Å². The molecular weight excluding hydrogens is 230 g/mol. The van der Waals surface area contributed by atoms with Gasteiger partial charge < -0.3 is 15.5 Å². The molecule has 0 aromatic heterocycles. The summed E-state index contributed by atoms with van der Waals surface area (Å²) < 4.78 is 4.98. The number of carbonyl (C=O) groups excluding carboxylic acids is 1. The Balaban J connectivity index is 2.72. The van der Waals surface area contributed by atoms with E-state index in [2.05, 4.69) is 10.7 Å². The van der Waals surface area contributed by atoms with E-state index in [9.17, 15) is 4.79 Å². The lowest BCUT2D eigenvalue weighted by atomic mass is 10.1. The number of methoxy groups -OCH3 is 1. The maximum absolute atomic E-state index is 12.1. The molecule has 1 amide bonds. The third-order valence-corrected chi connectivity index (χ3v) is 2.71. The van der Waals surface area contributed by atoms with E-state index >= 15 is 0 Å². The second kappa shape index (κ2) is 6.98. The average molecular weight is 251 g/mol. The number of hydrogen-bond acceptors (Lipinski definition) is 4. The van der Waals surface area contributed by atoms with Gasteiger partial charge in [0.15, 0.2) is 0 Å². The maximum atomic E-state index is 12.1. The molecule has 0 heterocycles. The largest absolute Gasteiger partial charge is 0.385 e. The fourth-order valence-electron chi connectivity index (χ4n) is 1.64. The summed E-state index contributed by atoms with van der Waals surface area (Å²) in [6, 6.07) is 5.55. The second-order valence-corrected chi connectivity index (χ2v) is 4.35. The van der Waals surface area contributed by atoms with E-state index in [0.29, 0.717) is 17.9 Å². The highest BCUT2D eigenvalue weighted by atomic mass is 16.5. The quantitative estimate of drug-likeness (QED) is 0.528. The van der Waals surface area contributed by atoms with Gasteiger partial charge in [-0.1, -0.05) is 6.07 Å². The van der Waals surface area contributed by atoms with Crippen molar-refractivity contribution >= 4 is 11.6 Å². The number of rotatable bonds is 6. The van der Waals surface area contributed by atoms with Gasteiger partial charge in [-0.15, -0.1) is 0 Å². The molecule has 1 atom stereocenters. The van der Waals surface area contributed by atoms with E-state index in [4.69, 9.17) is 10.6 Å². The minimum Gasteiger partial charge on any atom is -0.385 e. The van der Waals surface area contributed by atoms with Crippen LogP contribution in [0.3, 0.4) is 0 Å². The lowest BCUT2D eigenvalue weighted by molar-refractivity contribution is 0.0930. The summed E-state index contributed by atoms with van der Waals surface area (Å²) in [5.41, 5.74) is 4.78. The molecule has 0 fully saturated rings. The van der Waals surface area contributed by atoms with Crippen molar-refractivity contribution in [2.45, 2.75) is 26.3 Å². The highest BCUT2D eigenvalue weighted by Gasteiger charge is 2.13. The molecule has 5 nitrogen and oxygen atoms in total. The average Bonchev–Trinajstić information content (AvgIpc) is 2.35. The Hall–Kier alpha value is -1.59. The van der Waals surface area contributed by atoms with Crippen molar-refractivity contribution in [1.29, 1.82) is 0 Å². The van der Waals surface area contributed by atoms with Gasteiger partial charge in [0.25, 0.3) is 5.91 Å². The van der Waals surface area contributed by atoms with E-state index in [-0.39, 0.29) is 11.9 Å². The molecule has 4 N–H and O–H groups in total. The Morgan fingerprint density at radius 2 is 2.22 bits per heavy atom. The van der Waals surface area contributed by atoms with Crippen LogP contribution >= 0.6 is 0 Å². The molecule has 1 aromatic rings. The van der Waals surface area contributed by atoms with Gasteiger partial charge in [0, 0.05) is 19.8 Å². The molecular formula is C13H21N3O2. The number of aryl methyl sites for hydroxylation is 1. The molecule has 100 valence electrons. The number of benzene rings is 1. The topological polar surface area (TPSA) is 76.4 Å². The van der Waals surface area contributed by atoms with E-state index in [1.807, 2.05) is 26.0 Å². The molecule has 0 saturated heterocycles. The van der Waals surface area contributed by atoms with Crippen LogP contribution in [0.4, 0.5) is 5.69 Å². The Kier molecular flexibility index (Phi) is 5.61. The Morgan fingerprint density at radius 1 is 1.50 bits per heavy atom. The molecule has 5 heteroatoms. The van der Waals surface area contributed by atoms with Crippen molar-refractivity contribution in [3.63, 3.8) is 0 Å². The summed E-state index contributed by atoms with van der Waals surface area (Å²) in [5, 5.41) is 2.91. The number of anilines is 1. The van der Waals surface area contributed by atoms with Gasteiger partial charge in [0.05, 0.1) is 11.3 Å². The van der Waals surface area contributed by atoms with Crippen molar-refractivity contribution in [2.24, 2.45) is 5.84 Å². The standard InChI is InChI=1S/C13H21N3O2/c1-9-4-5-11(12(8-9)16-14)13(17)15-10(2)6-7-18-3/h4-5,8,10,16H,6-7,14H2,1-3H3,(H,15,17). The third kappa shape index (κ3) is 4.01. The summed E-state index contributed by atoms with van der Waals surface area (Å²) in [4.78, 5) is 12.1. The molecule has 0 aliphatic rings. The molecule has 0 aliphatic carbocycles. The lowest BCUT2D eigenvalue weighted by Gasteiger charge is -2.15. The number of hydrazine groups is 1. The van der Waals surface area contributed by atoms with Crippen LogP contribution in [0.2, 0.25) is 0 Å². The van der Waals surface area contributed by atoms with Crippen LogP contribution in [-0.2, 0) is 4.74 Å². The Morgan fingerprint density at radius 3 is 2.83 bits per heavy atom. The predicted octanol–water partition coefficient (Wildman–Crippen LogP) is 1.44. The lowest BCUT2D eigenvalue weighted by Crippen LogP contribution is -2.34. The molecule has 1 aromatic carbocycles. The number of nitrogen functional groups attached to an aromatic ring is 1. The van der Waals surface area contributed by atoms with Gasteiger partial charge in [-0.2, -0.15) is 0 Å². The number of hydrogen-bond donors (Lipinski definition) is 3. The van der Waals surface area contributed by atoms with Crippen LogP contribution < -0.4 is 16.6 Å². The van der Waals surface area contributed by atoms with Gasteiger partial charge in [0.1, 0.15) is 0 Å². The maximum Gasteiger partial charge on any atom is 0.253 e. The zero-order chi connectivity index (χ0) is 13.5. The molecule has 1 unspecified atom stereocenters. The fourth-order valence-corrected chi connectivity index (χ4v) is 1.64. The predicted molar refractivity (Wildman–Crippen MR) is 72.4 cm³/mol. The van der Waals surface area contributed by atoms with Crippen molar-refractivity contribution in [2.75, 3.05) is 19.1 Å². The zero-order valence-corrected chi connectivity index (χ0v) is 11.1. The molecule has 18 heavy (non-hydrogen) atoms.